The van der Waals surface area contributed by atoms with E-state index in [2.05, 4.69) is 19.1 Å². The summed E-state index contributed by atoms with van der Waals surface area (Å²) in [7, 11) is 1.97. The van der Waals surface area contributed by atoms with Gasteiger partial charge in [0, 0.05) is 30.5 Å². The molecule has 6 heteroatoms. The van der Waals surface area contributed by atoms with Crippen LogP contribution in [-0.2, 0) is 31.4 Å². The van der Waals surface area contributed by atoms with E-state index >= 15 is 0 Å². The Morgan fingerprint density at radius 3 is 2.44 bits per heavy atom. The van der Waals surface area contributed by atoms with Gasteiger partial charge in [0.15, 0.2) is 0 Å². The molecule has 0 atom stereocenters. The summed E-state index contributed by atoms with van der Waals surface area (Å²) in [4.78, 5) is 30.4. The van der Waals surface area contributed by atoms with Crippen molar-refractivity contribution in [2.45, 2.75) is 64.6 Å². The predicted octanol–water partition coefficient (Wildman–Crippen LogP) is 5.18. The smallest absolute Gasteiger partial charge is 0.254 e. The van der Waals surface area contributed by atoms with Crippen LogP contribution in [0.5, 0.6) is 0 Å². The number of carbonyl (C=O) groups excluding carboxylic acids is 2. The van der Waals surface area contributed by atoms with Crippen LogP contribution >= 0.6 is 0 Å². The number of carbonyl (C=O) groups is 2. The number of rotatable bonds is 12. The Kier molecular flexibility index (Phi) is 7.88. The summed E-state index contributed by atoms with van der Waals surface area (Å²) in [5, 5.41) is 0. The van der Waals surface area contributed by atoms with E-state index in [-0.39, 0.29) is 24.4 Å². The van der Waals surface area contributed by atoms with Crippen molar-refractivity contribution in [3.63, 3.8) is 0 Å². The van der Waals surface area contributed by atoms with Crippen LogP contribution in [0.4, 0.5) is 0 Å². The van der Waals surface area contributed by atoms with Gasteiger partial charge in [-0.25, -0.2) is 0 Å². The lowest BCUT2D eigenvalue weighted by atomic mass is 10.0. The zero-order chi connectivity index (χ0) is 23.9. The molecule has 2 heterocycles. The Morgan fingerprint density at radius 2 is 1.82 bits per heavy atom. The first-order valence-electron chi connectivity index (χ1n) is 12.4. The van der Waals surface area contributed by atoms with Gasteiger partial charge in [-0.2, -0.15) is 0 Å². The molecule has 34 heavy (non-hydrogen) atoms. The molecule has 4 rings (SSSR count). The first-order chi connectivity index (χ1) is 16.5. The molecule has 0 spiro atoms. The summed E-state index contributed by atoms with van der Waals surface area (Å²) < 4.78 is 7.52. The van der Waals surface area contributed by atoms with Crippen LogP contribution in [0.25, 0.3) is 0 Å². The first kappa shape index (κ1) is 23.9. The summed E-state index contributed by atoms with van der Waals surface area (Å²) in [6, 6.07) is 15.7. The minimum absolute atomic E-state index is 0.0622. The third kappa shape index (κ3) is 6.19. The van der Waals surface area contributed by atoms with Crippen LogP contribution in [0, 0.1) is 0 Å². The molecule has 2 amide bonds. The van der Waals surface area contributed by atoms with Crippen molar-refractivity contribution in [3.8, 4) is 0 Å². The zero-order valence-electron chi connectivity index (χ0n) is 20.3. The molecule has 3 aromatic rings. The highest BCUT2D eigenvalue weighted by Crippen LogP contribution is 2.29. The normalized spacial score (nSPS) is 13.1. The number of benzene rings is 1. The van der Waals surface area contributed by atoms with Crippen molar-refractivity contribution in [3.05, 3.63) is 83.6 Å². The van der Waals surface area contributed by atoms with Gasteiger partial charge in [0.2, 0.25) is 5.91 Å². The number of aryl methyl sites for hydroxylation is 2. The van der Waals surface area contributed by atoms with Crippen molar-refractivity contribution < 1.29 is 14.0 Å². The van der Waals surface area contributed by atoms with Gasteiger partial charge >= 0.3 is 0 Å². The molecule has 0 unspecified atom stereocenters. The molecule has 1 fully saturated rings. The fraction of sp³-hybridized carbons (Fsp3) is 0.429. The van der Waals surface area contributed by atoms with Gasteiger partial charge in [0.1, 0.15) is 12.3 Å². The van der Waals surface area contributed by atoms with E-state index in [1.54, 1.807) is 16.1 Å². The highest BCUT2D eigenvalue weighted by Gasteiger charge is 2.35. The van der Waals surface area contributed by atoms with Crippen LogP contribution in [0.1, 0.15) is 66.4 Å². The Balaban J connectivity index is 1.46. The van der Waals surface area contributed by atoms with Gasteiger partial charge in [-0.15, -0.1) is 0 Å². The summed E-state index contributed by atoms with van der Waals surface area (Å²) in [5.41, 5.74) is 2.94. The summed E-state index contributed by atoms with van der Waals surface area (Å²) in [5.74, 6) is 0.590. The number of nitrogens with zero attached hydrogens (tertiary/aromatic N) is 3. The Morgan fingerprint density at radius 1 is 1.03 bits per heavy atom. The standard InChI is InChI=1S/C28H35N3O3/c1-3-4-5-8-22-11-13-23(14-12-22)28(33)31(24-15-16-24)21-27(32)30(20-26-10-7-18-34-26)19-25-9-6-17-29(25)2/h6-7,9-14,17-18,24H,3-5,8,15-16,19-21H2,1-2H3. The third-order valence-corrected chi connectivity index (χ3v) is 6.51. The Hall–Kier alpha value is -3.28. The number of aromatic nitrogens is 1. The van der Waals surface area contributed by atoms with Crippen molar-refractivity contribution in [2.24, 2.45) is 7.05 Å². The minimum atomic E-state index is -0.0750. The maximum Gasteiger partial charge on any atom is 0.254 e. The molecular weight excluding hydrogens is 426 g/mol. The first-order valence-corrected chi connectivity index (χ1v) is 12.4. The number of hydrogen-bond acceptors (Lipinski definition) is 3. The molecule has 0 aliphatic heterocycles. The molecule has 6 nitrogen and oxygen atoms in total. The average molecular weight is 462 g/mol. The molecule has 0 bridgehead atoms. The van der Waals surface area contributed by atoms with Crippen LogP contribution in [0.2, 0.25) is 0 Å². The topological polar surface area (TPSA) is 58.7 Å². The maximum atomic E-state index is 13.5. The van der Waals surface area contributed by atoms with Gasteiger partial charge in [-0.1, -0.05) is 31.9 Å². The number of amides is 2. The molecule has 180 valence electrons. The number of furan rings is 1. The van der Waals surface area contributed by atoms with Gasteiger partial charge < -0.3 is 18.8 Å². The second-order valence-corrected chi connectivity index (χ2v) is 9.26. The van der Waals surface area contributed by atoms with E-state index in [9.17, 15) is 9.59 Å². The maximum absolute atomic E-state index is 13.5. The third-order valence-electron chi connectivity index (χ3n) is 6.51. The van der Waals surface area contributed by atoms with E-state index in [4.69, 9.17) is 4.42 Å². The minimum Gasteiger partial charge on any atom is -0.467 e. The SMILES string of the molecule is CCCCCc1ccc(C(=O)N(CC(=O)N(Cc2ccco2)Cc2cccn2C)C2CC2)cc1. The van der Waals surface area contributed by atoms with E-state index in [1.165, 1.54) is 24.8 Å². The summed E-state index contributed by atoms with van der Waals surface area (Å²) >= 11 is 0. The van der Waals surface area contributed by atoms with E-state index in [0.29, 0.717) is 18.7 Å². The highest BCUT2D eigenvalue weighted by atomic mass is 16.3. The predicted molar refractivity (Wildman–Crippen MR) is 132 cm³/mol. The number of unbranched alkanes of at least 4 members (excludes halogenated alkanes) is 2. The molecule has 0 N–H and O–H groups in total. The van der Waals surface area contributed by atoms with Gasteiger partial charge in [0.05, 0.1) is 19.4 Å². The number of hydrogen-bond donors (Lipinski definition) is 0. The van der Waals surface area contributed by atoms with Crippen LogP contribution in [0.3, 0.4) is 0 Å². The second kappa shape index (κ2) is 11.2. The quantitative estimate of drug-likeness (QED) is 0.349. The fourth-order valence-electron chi connectivity index (χ4n) is 4.24. The van der Waals surface area contributed by atoms with Crippen molar-refractivity contribution in [1.82, 2.24) is 14.4 Å². The Bertz CT molecular complexity index is 1060. The molecule has 0 saturated heterocycles. The van der Waals surface area contributed by atoms with Crippen molar-refractivity contribution >= 4 is 11.8 Å². The average Bonchev–Trinajstić information content (AvgIpc) is 3.40. The van der Waals surface area contributed by atoms with Gasteiger partial charge in [0.25, 0.3) is 5.91 Å². The fourth-order valence-corrected chi connectivity index (χ4v) is 4.24. The molecule has 0 radical (unpaired) electrons. The lowest BCUT2D eigenvalue weighted by Gasteiger charge is -2.27. The van der Waals surface area contributed by atoms with Gasteiger partial charge in [-0.3, -0.25) is 9.59 Å². The molecular formula is C28H35N3O3. The molecule has 1 aliphatic rings. The largest absolute Gasteiger partial charge is 0.467 e. The van der Waals surface area contributed by atoms with E-state index < -0.39 is 0 Å². The van der Waals surface area contributed by atoms with E-state index in [0.717, 1.165) is 30.7 Å². The summed E-state index contributed by atoms with van der Waals surface area (Å²) in [6.07, 6.45) is 10.1. The van der Waals surface area contributed by atoms with Crippen LogP contribution in [-0.4, -0.2) is 38.8 Å². The molecule has 1 aromatic carbocycles. The summed E-state index contributed by atoms with van der Waals surface area (Å²) in [6.45, 7) is 3.11. The van der Waals surface area contributed by atoms with E-state index in [1.807, 2.05) is 54.2 Å². The molecule has 1 saturated carbocycles. The Labute approximate surface area is 202 Å². The van der Waals surface area contributed by atoms with Crippen LogP contribution < -0.4 is 0 Å². The molecule has 1 aliphatic carbocycles. The monoisotopic (exact) mass is 461 g/mol. The van der Waals surface area contributed by atoms with Crippen molar-refractivity contribution in [2.75, 3.05) is 6.54 Å². The van der Waals surface area contributed by atoms with Crippen molar-refractivity contribution in [1.29, 1.82) is 0 Å². The molecule has 2 aromatic heterocycles. The second-order valence-electron chi connectivity index (χ2n) is 9.26. The highest BCUT2D eigenvalue weighted by molar-refractivity contribution is 5.97. The lowest BCUT2D eigenvalue weighted by Crippen LogP contribution is -2.43. The lowest BCUT2D eigenvalue weighted by molar-refractivity contribution is -0.133. The van der Waals surface area contributed by atoms with Crippen LogP contribution in [0.15, 0.2) is 65.4 Å². The zero-order valence-corrected chi connectivity index (χ0v) is 20.3. The van der Waals surface area contributed by atoms with Gasteiger partial charge in [-0.05, 0) is 67.6 Å².